The molecule has 1 aliphatic carbocycles. The number of phenolic OH excluding ortho intramolecular Hbond substituents is 1. The third-order valence-electron chi connectivity index (χ3n) is 4.12. The van der Waals surface area contributed by atoms with Crippen LogP contribution in [0.25, 0.3) is 0 Å². The molecule has 2 rings (SSSR count). The molecule has 0 radical (unpaired) electrons. The Morgan fingerprint density at radius 3 is 2.58 bits per heavy atom. The molecule has 0 spiro atoms. The Bertz CT molecular complexity index is 493. The topological polar surface area (TPSA) is 49.3 Å². The predicted molar refractivity (Wildman–Crippen MR) is 77.7 cm³/mol. The molecule has 1 aromatic carbocycles. The Balaban J connectivity index is 2.17. The predicted octanol–water partition coefficient (Wildman–Crippen LogP) is 4.26. The van der Waals surface area contributed by atoms with E-state index in [1.807, 2.05) is 6.92 Å². The van der Waals surface area contributed by atoms with E-state index in [9.17, 15) is 9.90 Å². The van der Waals surface area contributed by atoms with Crippen LogP contribution < -0.4 is 5.32 Å². The van der Waals surface area contributed by atoms with Crippen molar-refractivity contribution in [1.82, 2.24) is 0 Å². The van der Waals surface area contributed by atoms with Crippen LogP contribution in [0.3, 0.4) is 0 Å². The summed E-state index contributed by atoms with van der Waals surface area (Å²) < 4.78 is 0. The van der Waals surface area contributed by atoms with Gasteiger partial charge in [-0.1, -0.05) is 37.8 Å². The Kier molecular flexibility index (Phi) is 4.04. The van der Waals surface area contributed by atoms with Gasteiger partial charge < -0.3 is 10.4 Å². The van der Waals surface area contributed by atoms with E-state index in [0.29, 0.717) is 16.3 Å². The number of anilines is 1. The minimum atomic E-state index is -0.283. The first-order chi connectivity index (χ1) is 8.94. The molecule has 19 heavy (non-hydrogen) atoms. The molecule has 0 aromatic heterocycles. The van der Waals surface area contributed by atoms with Gasteiger partial charge in [-0.2, -0.15) is 0 Å². The maximum absolute atomic E-state index is 12.4. The largest absolute Gasteiger partial charge is 0.506 e. The number of aromatic hydroxyl groups is 1. The normalized spacial score (nSPS) is 18.1. The number of hydrogen-bond donors (Lipinski definition) is 2. The summed E-state index contributed by atoms with van der Waals surface area (Å²) in [6, 6.07) is 3.20. The molecule has 0 unspecified atom stereocenters. The summed E-state index contributed by atoms with van der Waals surface area (Å²) in [4.78, 5) is 12.4. The van der Waals surface area contributed by atoms with Gasteiger partial charge in [0.2, 0.25) is 5.91 Å². The zero-order chi connectivity index (χ0) is 14.0. The molecule has 0 atom stereocenters. The molecule has 0 aliphatic heterocycles. The summed E-state index contributed by atoms with van der Waals surface area (Å²) in [7, 11) is 0. The number of amides is 1. The van der Waals surface area contributed by atoms with E-state index in [-0.39, 0.29) is 17.1 Å². The molecule has 3 nitrogen and oxygen atoms in total. The van der Waals surface area contributed by atoms with E-state index in [2.05, 4.69) is 5.32 Å². The zero-order valence-electron chi connectivity index (χ0n) is 11.4. The second-order valence-electron chi connectivity index (χ2n) is 5.65. The fourth-order valence-electron chi connectivity index (χ4n) is 2.64. The Labute approximate surface area is 119 Å². The van der Waals surface area contributed by atoms with Gasteiger partial charge in [0, 0.05) is 11.1 Å². The smallest absolute Gasteiger partial charge is 0.230 e. The van der Waals surface area contributed by atoms with Crippen LogP contribution in [0.15, 0.2) is 12.1 Å². The number of halogens is 1. The van der Waals surface area contributed by atoms with E-state index < -0.39 is 0 Å². The van der Waals surface area contributed by atoms with Gasteiger partial charge in [0.05, 0.1) is 5.02 Å². The molecular weight excluding hydrogens is 262 g/mol. The highest BCUT2D eigenvalue weighted by Crippen LogP contribution is 2.38. The van der Waals surface area contributed by atoms with Crippen LogP contribution in [0, 0.1) is 12.3 Å². The molecular formula is C15H20ClNO2. The Morgan fingerprint density at radius 1 is 1.32 bits per heavy atom. The van der Waals surface area contributed by atoms with Crippen LogP contribution in [-0.4, -0.2) is 11.0 Å². The minimum Gasteiger partial charge on any atom is -0.506 e. The van der Waals surface area contributed by atoms with Crippen LogP contribution in [0.1, 0.15) is 44.6 Å². The second kappa shape index (κ2) is 5.41. The van der Waals surface area contributed by atoms with E-state index >= 15 is 0 Å². The first-order valence-electron chi connectivity index (χ1n) is 6.73. The Hall–Kier alpha value is -1.22. The minimum absolute atomic E-state index is 0.0426. The molecule has 4 heteroatoms. The van der Waals surface area contributed by atoms with Gasteiger partial charge in [-0.15, -0.1) is 0 Å². The number of phenols is 1. The van der Waals surface area contributed by atoms with Crippen molar-refractivity contribution in [3.63, 3.8) is 0 Å². The van der Waals surface area contributed by atoms with Crippen molar-refractivity contribution < 1.29 is 9.90 Å². The van der Waals surface area contributed by atoms with Crippen LogP contribution in [0.2, 0.25) is 5.02 Å². The number of hydrogen-bond acceptors (Lipinski definition) is 2. The highest BCUT2D eigenvalue weighted by atomic mass is 35.5. The maximum atomic E-state index is 12.4. The average molecular weight is 282 g/mol. The van der Waals surface area contributed by atoms with E-state index in [1.165, 1.54) is 12.5 Å². The van der Waals surface area contributed by atoms with E-state index in [1.54, 1.807) is 13.0 Å². The van der Waals surface area contributed by atoms with Crippen molar-refractivity contribution in [2.24, 2.45) is 5.41 Å². The van der Waals surface area contributed by atoms with Crippen molar-refractivity contribution in [3.8, 4) is 5.75 Å². The average Bonchev–Trinajstić information content (AvgIpc) is 2.40. The standard InChI is InChI=1S/C15H20ClNO2/c1-10-11(6-7-12(18)13(10)16)17-14(19)15(2)8-4-3-5-9-15/h6-7,18H,3-5,8-9H2,1-2H3,(H,17,19). The fourth-order valence-corrected chi connectivity index (χ4v) is 2.80. The summed E-state index contributed by atoms with van der Waals surface area (Å²) in [5.41, 5.74) is 1.10. The summed E-state index contributed by atoms with van der Waals surface area (Å²) in [5, 5.41) is 12.8. The monoisotopic (exact) mass is 281 g/mol. The lowest BCUT2D eigenvalue weighted by Gasteiger charge is -2.32. The molecule has 0 bridgehead atoms. The molecule has 0 heterocycles. The van der Waals surface area contributed by atoms with Gasteiger partial charge in [0.25, 0.3) is 0 Å². The number of rotatable bonds is 2. The molecule has 0 saturated heterocycles. The lowest BCUT2D eigenvalue weighted by atomic mass is 9.75. The van der Waals surface area contributed by atoms with E-state index in [0.717, 1.165) is 25.7 Å². The first kappa shape index (κ1) is 14.2. The molecule has 1 aliphatic rings. The second-order valence-corrected chi connectivity index (χ2v) is 6.02. The van der Waals surface area contributed by atoms with Crippen LogP contribution in [0.5, 0.6) is 5.75 Å². The number of nitrogens with one attached hydrogen (secondary N) is 1. The molecule has 104 valence electrons. The summed E-state index contributed by atoms with van der Waals surface area (Å²) >= 11 is 5.99. The highest BCUT2D eigenvalue weighted by molar-refractivity contribution is 6.33. The SMILES string of the molecule is Cc1c(NC(=O)C2(C)CCCCC2)ccc(O)c1Cl. The highest BCUT2D eigenvalue weighted by Gasteiger charge is 2.34. The van der Waals surface area contributed by atoms with Crippen LogP contribution in [-0.2, 0) is 4.79 Å². The molecule has 1 amide bonds. The van der Waals surface area contributed by atoms with E-state index in [4.69, 9.17) is 11.6 Å². The lowest BCUT2D eigenvalue weighted by molar-refractivity contribution is -0.126. The molecule has 2 N–H and O–H groups in total. The maximum Gasteiger partial charge on any atom is 0.230 e. The number of carbonyl (C=O) groups is 1. The summed E-state index contributed by atoms with van der Waals surface area (Å²) in [6.07, 6.45) is 5.30. The van der Waals surface area contributed by atoms with Crippen LogP contribution in [0.4, 0.5) is 5.69 Å². The van der Waals surface area contributed by atoms with Crippen molar-refractivity contribution in [2.75, 3.05) is 5.32 Å². The molecule has 1 aromatic rings. The van der Waals surface area contributed by atoms with Crippen molar-refractivity contribution in [3.05, 3.63) is 22.7 Å². The van der Waals surface area contributed by atoms with Gasteiger partial charge in [0.1, 0.15) is 5.75 Å². The van der Waals surface area contributed by atoms with Gasteiger partial charge in [0.15, 0.2) is 0 Å². The summed E-state index contributed by atoms with van der Waals surface area (Å²) in [5.74, 6) is 0.0955. The fraction of sp³-hybridized carbons (Fsp3) is 0.533. The van der Waals surface area contributed by atoms with Gasteiger partial charge in [-0.3, -0.25) is 4.79 Å². The van der Waals surface area contributed by atoms with Crippen molar-refractivity contribution in [1.29, 1.82) is 0 Å². The number of carbonyl (C=O) groups excluding carboxylic acids is 1. The molecule has 1 fully saturated rings. The number of benzene rings is 1. The van der Waals surface area contributed by atoms with Crippen LogP contribution >= 0.6 is 11.6 Å². The zero-order valence-corrected chi connectivity index (χ0v) is 12.2. The van der Waals surface area contributed by atoms with Gasteiger partial charge >= 0.3 is 0 Å². The quantitative estimate of drug-likeness (QED) is 0.796. The van der Waals surface area contributed by atoms with Crippen molar-refractivity contribution >= 4 is 23.2 Å². The lowest BCUT2D eigenvalue weighted by Crippen LogP contribution is -2.35. The summed E-state index contributed by atoms with van der Waals surface area (Å²) in [6.45, 7) is 3.82. The third kappa shape index (κ3) is 2.86. The Morgan fingerprint density at radius 2 is 1.95 bits per heavy atom. The van der Waals surface area contributed by atoms with Crippen molar-refractivity contribution in [2.45, 2.75) is 46.0 Å². The first-order valence-corrected chi connectivity index (χ1v) is 7.11. The third-order valence-corrected chi connectivity index (χ3v) is 4.60. The molecule has 1 saturated carbocycles. The van der Waals surface area contributed by atoms with Gasteiger partial charge in [-0.05, 0) is 37.5 Å². The van der Waals surface area contributed by atoms with Gasteiger partial charge in [-0.25, -0.2) is 0 Å².